The first-order valence-corrected chi connectivity index (χ1v) is 11.3. The first-order valence-electron chi connectivity index (χ1n) is 11.3. The summed E-state index contributed by atoms with van der Waals surface area (Å²) in [6.45, 7) is 8.13. The lowest BCUT2D eigenvalue weighted by molar-refractivity contribution is -0.386. The molecule has 0 saturated heterocycles. The van der Waals surface area contributed by atoms with Crippen LogP contribution in [0.4, 0.5) is 5.69 Å². The zero-order chi connectivity index (χ0) is 25.3. The number of carbonyl (C=O) groups excluding carboxylic acids is 1. The lowest BCUT2D eigenvalue weighted by atomic mass is 10.1. The average Bonchev–Trinajstić information content (AvgIpc) is 3.28. The van der Waals surface area contributed by atoms with Crippen LogP contribution in [0.3, 0.4) is 0 Å². The summed E-state index contributed by atoms with van der Waals surface area (Å²) in [6, 6.07) is 17.2. The molecule has 0 bridgehead atoms. The van der Waals surface area contributed by atoms with Crippen molar-refractivity contribution in [2.45, 2.75) is 40.8 Å². The lowest BCUT2D eigenvalue weighted by Crippen LogP contribution is -2.26. The van der Waals surface area contributed by atoms with Crippen molar-refractivity contribution in [2.24, 2.45) is 0 Å². The molecule has 0 aliphatic heterocycles. The van der Waals surface area contributed by atoms with Gasteiger partial charge in [0.05, 0.1) is 22.8 Å². The molecule has 9 heteroatoms. The number of aryl methyl sites for hydroxylation is 2. The highest BCUT2D eigenvalue weighted by molar-refractivity contribution is 5.94. The number of hydrogen-bond donors (Lipinski definition) is 0. The van der Waals surface area contributed by atoms with Gasteiger partial charge in [-0.05, 0) is 57.5 Å². The molecule has 0 aliphatic carbocycles. The van der Waals surface area contributed by atoms with Crippen LogP contribution in [-0.4, -0.2) is 42.3 Å². The molecule has 0 N–H and O–H groups in total. The number of carbonyl (C=O) groups is 1. The molecular weight excluding hydrogens is 444 g/mol. The maximum absolute atomic E-state index is 13.1. The van der Waals surface area contributed by atoms with E-state index in [0.29, 0.717) is 30.0 Å². The molecule has 0 aliphatic rings. The van der Waals surface area contributed by atoms with Gasteiger partial charge in [-0.15, -0.1) is 0 Å². The van der Waals surface area contributed by atoms with Crippen molar-refractivity contribution in [1.29, 1.82) is 0 Å². The van der Waals surface area contributed by atoms with E-state index in [1.165, 1.54) is 0 Å². The number of nitrogens with zero attached hydrogens (tertiary/aromatic N) is 6. The van der Waals surface area contributed by atoms with Gasteiger partial charge in [0.1, 0.15) is 11.4 Å². The van der Waals surface area contributed by atoms with Crippen molar-refractivity contribution < 1.29 is 9.72 Å². The Kier molecular flexibility index (Phi) is 6.50. The summed E-state index contributed by atoms with van der Waals surface area (Å²) in [4.78, 5) is 25.6. The molecular formula is C26H28N6O3. The van der Waals surface area contributed by atoms with Crippen molar-refractivity contribution >= 4 is 11.6 Å². The first-order chi connectivity index (χ1) is 16.7. The highest BCUT2D eigenvalue weighted by Crippen LogP contribution is 2.23. The van der Waals surface area contributed by atoms with Crippen LogP contribution in [0.2, 0.25) is 0 Å². The largest absolute Gasteiger partial charge is 0.337 e. The number of amides is 1. The lowest BCUT2D eigenvalue weighted by Gasteiger charge is -2.18. The van der Waals surface area contributed by atoms with Gasteiger partial charge in [0, 0.05) is 30.4 Å². The summed E-state index contributed by atoms with van der Waals surface area (Å²) in [6.07, 6.45) is 0. The molecule has 0 radical (unpaired) electrons. The molecule has 0 fully saturated rings. The van der Waals surface area contributed by atoms with Gasteiger partial charge in [0.2, 0.25) is 0 Å². The number of hydrogen-bond acceptors (Lipinski definition) is 5. The van der Waals surface area contributed by atoms with Crippen molar-refractivity contribution in [3.05, 3.63) is 104 Å². The van der Waals surface area contributed by atoms with E-state index < -0.39 is 4.92 Å². The van der Waals surface area contributed by atoms with Gasteiger partial charge in [0.15, 0.2) is 0 Å². The molecule has 35 heavy (non-hydrogen) atoms. The second-order valence-corrected chi connectivity index (χ2v) is 8.69. The molecule has 0 saturated carbocycles. The molecule has 0 unspecified atom stereocenters. The summed E-state index contributed by atoms with van der Waals surface area (Å²) >= 11 is 0. The Hall–Kier alpha value is -4.27. The van der Waals surface area contributed by atoms with Crippen molar-refractivity contribution in [1.82, 2.24) is 24.5 Å². The van der Waals surface area contributed by atoms with Crippen molar-refractivity contribution in [3.8, 4) is 5.69 Å². The molecule has 2 aromatic heterocycles. The molecule has 2 heterocycles. The number of para-hydroxylation sites is 1. The van der Waals surface area contributed by atoms with Gasteiger partial charge in [-0.3, -0.25) is 19.6 Å². The Morgan fingerprint density at radius 1 is 0.943 bits per heavy atom. The second-order valence-electron chi connectivity index (χ2n) is 8.69. The smallest absolute Gasteiger partial charge is 0.312 e. The van der Waals surface area contributed by atoms with Crippen LogP contribution in [-0.2, 0) is 13.1 Å². The zero-order valence-corrected chi connectivity index (χ0v) is 20.5. The molecule has 0 spiro atoms. The van der Waals surface area contributed by atoms with Gasteiger partial charge in [0.25, 0.3) is 5.91 Å². The van der Waals surface area contributed by atoms with Gasteiger partial charge < -0.3 is 4.90 Å². The fourth-order valence-corrected chi connectivity index (χ4v) is 4.29. The fourth-order valence-electron chi connectivity index (χ4n) is 4.29. The van der Waals surface area contributed by atoms with E-state index in [0.717, 1.165) is 28.2 Å². The van der Waals surface area contributed by atoms with E-state index in [1.54, 1.807) is 42.6 Å². The van der Waals surface area contributed by atoms with E-state index in [2.05, 4.69) is 10.2 Å². The molecule has 2 aromatic carbocycles. The van der Waals surface area contributed by atoms with Gasteiger partial charge in [-0.2, -0.15) is 10.2 Å². The van der Waals surface area contributed by atoms with Gasteiger partial charge >= 0.3 is 5.69 Å². The van der Waals surface area contributed by atoms with E-state index in [9.17, 15) is 14.9 Å². The summed E-state index contributed by atoms with van der Waals surface area (Å²) in [5, 5.41) is 20.2. The van der Waals surface area contributed by atoms with Crippen molar-refractivity contribution in [3.63, 3.8) is 0 Å². The van der Waals surface area contributed by atoms with Crippen molar-refractivity contribution in [2.75, 3.05) is 7.05 Å². The first kappa shape index (κ1) is 23.9. The summed E-state index contributed by atoms with van der Waals surface area (Å²) in [5.74, 6) is -0.0930. The molecule has 1 amide bonds. The monoisotopic (exact) mass is 472 g/mol. The van der Waals surface area contributed by atoms with Crippen LogP contribution in [0.25, 0.3) is 5.69 Å². The highest BCUT2D eigenvalue weighted by Gasteiger charge is 2.22. The van der Waals surface area contributed by atoms with E-state index >= 15 is 0 Å². The van der Waals surface area contributed by atoms with Crippen LogP contribution < -0.4 is 0 Å². The second kappa shape index (κ2) is 9.54. The Labute approximate surface area is 203 Å². The van der Waals surface area contributed by atoms with Crippen LogP contribution in [0.1, 0.15) is 44.3 Å². The minimum Gasteiger partial charge on any atom is -0.337 e. The van der Waals surface area contributed by atoms with Crippen LogP contribution in [0, 0.1) is 37.8 Å². The summed E-state index contributed by atoms with van der Waals surface area (Å²) in [5.41, 5.74) is 6.31. The third-order valence-electron chi connectivity index (χ3n) is 6.24. The molecule has 4 rings (SSSR count). The SMILES string of the molecule is Cc1nn(-c2ccccc2)c(C)c1CN(C)C(=O)c1ccc(Cn2nc(C)c([N+](=O)[O-])c2C)cc1. The number of rotatable bonds is 7. The zero-order valence-electron chi connectivity index (χ0n) is 20.5. The number of benzene rings is 2. The third-order valence-corrected chi connectivity index (χ3v) is 6.24. The molecule has 9 nitrogen and oxygen atoms in total. The summed E-state index contributed by atoms with van der Waals surface area (Å²) < 4.78 is 3.52. The predicted octanol–water partition coefficient (Wildman–Crippen LogP) is 4.53. The van der Waals surface area contributed by atoms with E-state index in [4.69, 9.17) is 0 Å². The molecule has 180 valence electrons. The predicted molar refractivity (Wildman–Crippen MR) is 133 cm³/mol. The van der Waals surface area contributed by atoms with E-state index in [-0.39, 0.29) is 11.6 Å². The van der Waals surface area contributed by atoms with Crippen LogP contribution in [0.5, 0.6) is 0 Å². The number of nitro groups is 1. The minimum atomic E-state index is -0.404. The van der Waals surface area contributed by atoms with Gasteiger partial charge in [-0.25, -0.2) is 4.68 Å². The highest BCUT2D eigenvalue weighted by atomic mass is 16.6. The molecule has 4 aromatic rings. The topological polar surface area (TPSA) is 99.1 Å². The fraction of sp³-hybridized carbons (Fsp3) is 0.269. The summed E-state index contributed by atoms with van der Waals surface area (Å²) in [7, 11) is 1.78. The Bertz CT molecular complexity index is 1390. The Balaban J connectivity index is 1.48. The third kappa shape index (κ3) is 4.70. The number of aromatic nitrogens is 4. The van der Waals surface area contributed by atoms with Gasteiger partial charge in [-0.1, -0.05) is 30.3 Å². The standard InChI is InChI=1S/C26H28N6O3/c1-17-24(19(3)31(28-17)23-9-7-6-8-10-23)16-29(5)26(33)22-13-11-21(12-14-22)15-30-20(4)25(32(34)35)18(2)27-30/h6-14H,15-16H2,1-5H3. The Morgan fingerprint density at radius 3 is 2.20 bits per heavy atom. The quantitative estimate of drug-likeness (QED) is 0.291. The average molecular weight is 473 g/mol. The maximum atomic E-state index is 13.1. The minimum absolute atomic E-state index is 0.0413. The van der Waals surface area contributed by atoms with Crippen LogP contribution >= 0.6 is 0 Å². The normalized spacial score (nSPS) is 11.0. The Morgan fingerprint density at radius 2 is 1.60 bits per heavy atom. The van der Waals surface area contributed by atoms with Crippen LogP contribution in [0.15, 0.2) is 54.6 Å². The maximum Gasteiger partial charge on any atom is 0.312 e. The van der Waals surface area contributed by atoms with E-state index in [1.807, 2.05) is 61.0 Å². The molecule has 0 atom stereocenters.